The number of esters is 2. The average Bonchev–Trinajstić information content (AvgIpc) is 2.40. The molecule has 0 aliphatic heterocycles. The van der Waals surface area contributed by atoms with Crippen molar-refractivity contribution in [3.63, 3.8) is 0 Å². The SMILES string of the molecule is CCOC(=O)C(C(=O)OCC)C(C)(O)c1ccncc1. The Morgan fingerprint density at radius 1 is 1.20 bits per heavy atom. The first-order chi connectivity index (χ1) is 9.45. The molecule has 0 fully saturated rings. The van der Waals surface area contributed by atoms with Gasteiger partial charge in [-0.1, -0.05) is 0 Å². The van der Waals surface area contributed by atoms with Crippen LogP contribution in [-0.4, -0.2) is 35.2 Å². The molecule has 1 N–H and O–H groups in total. The number of carbonyl (C=O) groups is 2. The minimum absolute atomic E-state index is 0.112. The normalized spacial score (nSPS) is 13.7. The van der Waals surface area contributed by atoms with Crippen LogP contribution < -0.4 is 0 Å². The standard InChI is InChI=1S/C14H19NO5/c1-4-19-12(16)11(13(17)20-5-2)14(3,18)10-6-8-15-9-7-10/h6-9,11,18H,4-5H2,1-3H3. The van der Waals surface area contributed by atoms with E-state index in [4.69, 9.17) is 9.47 Å². The topological polar surface area (TPSA) is 85.7 Å². The highest BCUT2D eigenvalue weighted by molar-refractivity contribution is 5.96. The average molecular weight is 281 g/mol. The molecular weight excluding hydrogens is 262 g/mol. The summed E-state index contributed by atoms with van der Waals surface area (Å²) in [5, 5.41) is 10.6. The van der Waals surface area contributed by atoms with Crippen molar-refractivity contribution in [2.45, 2.75) is 26.4 Å². The van der Waals surface area contributed by atoms with Gasteiger partial charge in [0.05, 0.1) is 13.2 Å². The van der Waals surface area contributed by atoms with Crippen molar-refractivity contribution in [1.29, 1.82) is 0 Å². The summed E-state index contributed by atoms with van der Waals surface area (Å²) in [6, 6.07) is 3.07. The molecule has 0 aliphatic rings. The number of hydrogen-bond donors (Lipinski definition) is 1. The largest absolute Gasteiger partial charge is 0.465 e. The molecule has 110 valence electrons. The molecule has 1 heterocycles. The van der Waals surface area contributed by atoms with Gasteiger partial charge in [0.1, 0.15) is 5.60 Å². The van der Waals surface area contributed by atoms with Crippen LogP contribution in [0.15, 0.2) is 24.5 Å². The summed E-state index contributed by atoms with van der Waals surface area (Å²) < 4.78 is 9.73. The van der Waals surface area contributed by atoms with E-state index in [-0.39, 0.29) is 13.2 Å². The second kappa shape index (κ2) is 7.00. The number of nitrogens with zero attached hydrogens (tertiary/aromatic N) is 1. The van der Waals surface area contributed by atoms with Gasteiger partial charge in [0.15, 0.2) is 5.92 Å². The van der Waals surface area contributed by atoms with Crippen molar-refractivity contribution in [3.8, 4) is 0 Å². The summed E-state index contributed by atoms with van der Waals surface area (Å²) in [6.07, 6.45) is 2.94. The Morgan fingerprint density at radius 2 is 1.65 bits per heavy atom. The number of aliphatic hydroxyl groups is 1. The van der Waals surface area contributed by atoms with Gasteiger partial charge < -0.3 is 14.6 Å². The van der Waals surface area contributed by atoms with E-state index in [0.717, 1.165) is 0 Å². The molecule has 0 saturated heterocycles. The molecule has 0 spiro atoms. The Hall–Kier alpha value is -1.95. The van der Waals surface area contributed by atoms with E-state index in [1.54, 1.807) is 13.8 Å². The van der Waals surface area contributed by atoms with E-state index in [1.165, 1.54) is 31.5 Å². The Morgan fingerprint density at radius 3 is 2.05 bits per heavy atom. The predicted octanol–water partition coefficient (Wildman–Crippen LogP) is 1.03. The highest BCUT2D eigenvalue weighted by atomic mass is 16.6. The smallest absolute Gasteiger partial charge is 0.323 e. The van der Waals surface area contributed by atoms with Gasteiger partial charge in [-0.3, -0.25) is 14.6 Å². The van der Waals surface area contributed by atoms with Crippen LogP contribution in [0.4, 0.5) is 0 Å². The number of rotatable bonds is 6. The maximum atomic E-state index is 12.0. The van der Waals surface area contributed by atoms with Gasteiger partial charge >= 0.3 is 11.9 Å². The summed E-state index contributed by atoms with van der Waals surface area (Å²) in [7, 11) is 0. The summed E-state index contributed by atoms with van der Waals surface area (Å²) in [5.74, 6) is -3.06. The lowest BCUT2D eigenvalue weighted by molar-refractivity contribution is -0.174. The first-order valence-electron chi connectivity index (χ1n) is 6.41. The molecule has 0 amide bonds. The molecule has 0 saturated carbocycles. The maximum Gasteiger partial charge on any atom is 0.323 e. The Balaban J connectivity index is 3.14. The van der Waals surface area contributed by atoms with E-state index >= 15 is 0 Å². The Bertz CT molecular complexity index is 440. The third-order valence-electron chi connectivity index (χ3n) is 2.87. The second-order valence-corrected chi connectivity index (χ2v) is 4.32. The lowest BCUT2D eigenvalue weighted by atomic mass is 9.83. The maximum absolute atomic E-state index is 12.0. The minimum atomic E-state index is -1.73. The van der Waals surface area contributed by atoms with Gasteiger partial charge in [-0.2, -0.15) is 0 Å². The number of hydrogen-bond acceptors (Lipinski definition) is 6. The van der Waals surface area contributed by atoms with Gasteiger partial charge in [0.25, 0.3) is 0 Å². The second-order valence-electron chi connectivity index (χ2n) is 4.32. The Labute approximate surface area is 117 Å². The van der Waals surface area contributed by atoms with Crippen LogP contribution in [0.3, 0.4) is 0 Å². The van der Waals surface area contributed by atoms with Crippen molar-refractivity contribution < 1.29 is 24.2 Å². The quantitative estimate of drug-likeness (QED) is 0.619. The zero-order valence-electron chi connectivity index (χ0n) is 11.8. The van der Waals surface area contributed by atoms with Crippen molar-refractivity contribution >= 4 is 11.9 Å². The van der Waals surface area contributed by atoms with Crippen LogP contribution in [0, 0.1) is 5.92 Å². The van der Waals surface area contributed by atoms with Crippen molar-refractivity contribution in [3.05, 3.63) is 30.1 Å². The van der Waals surface area contributed by atoms with E-state index in [9.17, 15) is 14.7 Å². The van der Waals surface area contributed by atoms with Gasteiger partial charge in [0.2, 0.25) is 0 Å². The van der Waals surface area contributed by atoms with Crippen LogP contribution in [0.25, 0.3) is 0 Å². The van der Waals surface area contributed by atoms with Crippen LogP contribution in [-0.2, 0) is 24.7 Å². The molecule has 1 atom stereocenters. The van der Waals surface area contributed by atoms with Crippen molar-refractivity contribution in [2.24, 2.45) is 5.92 Å². The fraction of sp³-hybridized carbons (Fsp3) is 0.500. The third-order valence-corrected chi connectivity index (χ3v) is 2.87. The molecule has 1 unspecified atom stereocenters. The van der Waals surface area contributed by atoms with E-state index in [2.05, 4.69) is 4.98 Å². The zero-order valence-corrected chi connectivity index (χ0v) is 11.8. The Kier molecular flexibility index (Phi) is 5.64. The molecule has 0 bridgehead atoms. The predicted molar refractivity (Wildman–Crippen MR) is 70.6 cm³/mol. The van der Waals surface area contributed by atoms with E-state index in [1.807, 2.05) is 0 Å². The lowest BCUT2D eigenvalue weighted by Gasteiger charge is -2.29. The van der Waals surface area contributed by atoms with E-state index < -0.39 is 23.5 Å². The monoisotopic (exact) mass is 281 g/mol. The fourth-order valence-electron chi connectivity index (χ4n) is 1.86. The van der Waals surface area contributed by atoms with Crippen LogP contribution in [0.5, 0.6) is 0 Å². The fourth-order valence-corrected chi connectivity index (χ4v) is 1.86. The molecule has 0 aliphatic carbocycles. The third kappa shape index (κ3) is 3.54. The molecule has 1 rings (SSSR count). The summed E-state index contributed by atoms with van der Waals surface area (Å²) in [6.45, 7) is 4.85. The molecule has 6 heteroatoms. The molecule has 0 aromatic carbocycles. The first kappa shape index (κ1) is 16.1. The number of carbonyl (C=O) groups excluding carboxylic acids is 2. The van der Waals surface area contributed by atoms with E-state index in [0.29, 0.717) is 5.56 Å². The number of pyridine rings is 1. The van der Waals surface area contributed by atoms with Gasteiger partial charge in [-0.15, -0.1) is 0 Å². The molecule has 20 heavy (non-hydrogen) atoms. The van der Waals surface area contributed by atoms with Crippen molar-refractivity contribution in [1.82, 2.24) is 4.98 Å². The lowest BCUT2D eigenvalue weighted by Crippen LogP contribution is -2.44. The highest BCUT2D eigenvalue weighted by Gasteiger charge is 2.46. The van der Waals surface area contributed by atoms with Crippen LogP contribution >= 0.6 is 0 Å². The van der Waals surface area contributed by atoms with Crippen molar-refractivity contribution in [2.75, 3.05) is 13.2 Å². The zero-order chi connectivity index (χ0) is 15.2. The molecule has 6 nitrogen and oxygen atoms in total. The van der Waals surface area contributed by atoms with Gasteiger partial charge in [-0.25, -0.2) is 0 Å². The molecule has 1 aromatic heterocycles. The minimum Gasteiger partial charge on any atom is -0.465 e. The summed E-state index contributed by atoms with van der Waals surface area (Å²) >= 11 is 0. The highest BCUT2D eigenvalue weighted by Crippen LogP contribution is 2.31. The first-order valence-corrected chi connectivity index (χ1v) is 6.41. The van der Waals surface area contributed by atoms with Gasteiger partial charge in [0, 0.05) is 12.4 Å². The number of aromatic nitrogens is 1. The van der Waals surface area contributed by atoms with Crippen LogP contribution in [0.1, 0.15) is 26.3 Å². The summed E-state index contributed by atoms with van der Waals surface area (Å²) in [5.41, 5.74) is -1.35. The summed E-state index contributed by atoms with van der Waals surface area (Å²) in [4.78, 5) is 27.8. The van der Waals surface area contributed by atoms with Gasteiger partial charge in [-0.05, 0) is 38.5 Å². The molecule has 1 aromatic rings. The molecular formula is C14H19NO5. The number of ether oxygens (including phenoxy) is 2. The molecule has 0 radical (unpaired) electrons. The van der Waals surface area contributed by atoms with Crippen LogP contribution in [0.2, 0.25) is 0 Å².